The van der Waals surface area contributed by atoms with Gasteiger partial charge in [0.1, 0.15) is 23.0 Å². The lowest BCUT2D eigenvalue weighted by Gasteiger charge is -2.39. The maximum absolute atomic E-state index is 6.82. The van der Waals surface area contributed by atoms with E-state index in [0.717, 1.165) is 67.9 Å². The first-order chi connectivity index (χ1) is 41.7. The monoisotopic (exact) mass is 1070 g/mol. The largest absolute Gasteiger partial charge is 0.457 e. The Balaban J connectivity index is 0.859. The second-order valence-electron chi connectivity index (χ2n) is 23.2. The fourth-order valence-corrected chi connectivity index (χ4v) is 16.7. The molecule has 0 atom stereocenters. The molecule has 13 aromatic rings. The predicted molar refractivity (Wildman–Crippen MR) is 338 cm³/mol. The summed E-state index contributed by atoms with van der Waals surface area (Å²) in [4.78, 5) is 2.55. The van der Waals surface area contributed by atoms with Crippen LogP contribution in [-0.4, -0.2) is 0 Å². The Labute approximate surface area is 487 Å². The molecule has 2 aliphatic heterocycles. The average molecular weight is 1070 g/mol. The summed E-state index contributed by atoms with van der Waals surface area (Å²) in [6, 6.07) is 111. The molecule has 6 aliphatic rings. The maximum Gasteiger partial charge on any atom is 0.132 e. The first-order valence-corrected chi connectivity index (χ1v) is 29.2. The van der Waals surface area contributed by atoms with Crippen molar-refractivity contribution in [1.29, 1.82) is 0 Å². The Bertz CT molecular complexity index is 4850. The Hall–Kier alpha value is -10.7. The molecule has 0 N–H and O–H groups in total. The summed E-state index contributed by atoms with van der Waals surface area (Å²) in [5.41, 5.74) is 28.8. The summed E-state index contributed by atoms with van der Waals surface area (Å²) in [6.45, 7) is 0. The Morgan fingerprint density at radius 2 is 0.536 bits per heavy atom. The summed E-state index contributed by atoms with van der Waals surface area (Å²) >= 11 is 0. The van der Waals surface area contributed by atoms with Crippen molar-refractivity contribution in [3.05, 3.63) is 364 Å². The number of para-hydroxylation sites is 4. The van der Waals surface area contributed by atoms with Crippen molar-refractivity contribution in [2.75, 3.05) is 4.90 Å². The van der Waals surface area contributed by atoms with Crippen LogP contribution in [0.25, 0.3) is 55.6 Å². The van der Waals surface area contributed by atoms with E-state index < -0.39 is 16.2 Å². The summed E-state index contributed by atoms with van der Waals surface area (Å²) in [6.07, 6.45) is 0. The number of ether oxygens (including phenoxy) is 2. The quantitative estimate of drug-likeness (QED) is 0.175. The lowest BCUT2D eigenvalue weighted by atomic mass is 9.66. The molecule has 0 fully saturated rings. The molecule has 0 saturated carbocycles. The van der Waals surface area contributed by atoms with E-state index in [2.05, 4.69) is 302 Å². The Morgan fingerprint density at radius 1 is 0.214 bits per heavy atom. The van der Waals surface area contributed by atoms with Gasteiger partial charge < -0.3 is 14.4 Å². The molecule has 0 radical (unpaired) electrons. The SMILES string of the molecule is c1ccc2c(c1)Oc1ccccc1C21c2ccccc2-c2c(-c3ccc(N(c4ccc5c(c4)C4(c6ccccc6-c6ccccc64)c4ccccc4-5)c4cccc5c4-c4ccccc4C54c5ccccc5Oc5ccccc54)cc3)cccc21. The van der Waals surface area contributed by atoms with E-state index in [1.807, 2.05) is 0 Å². The van der Waals surface area contributed by atoms with Crippen molar-refractivity contribution in [2.45, 2.75) is 16.2 Å². The summed E-state index contributed by atoms with van der Waals surface area (Å²) in [5.74, 6) is 3.54. The molecule has 2 heterocycles. The van der Waals surface area contributed by atoms with E-state index in [0.29, 0.717) is 0 Å². The fourth-order valence-electron chi connectivity index (χ4n) is 16.7. The molecule has 3 spiro atoms. The zero-order valence-electron chi connectivity index (χ0n) is 45.6. The molecule has 0 unspecified atom stereocenters. The molecule has 3 nitrogen and oxygen atoms in total. The molecule has 0 bridgehead atoms. The van der Waals surface area contributed by atoms with Crippen molar-refractivity contribution in [2.24, 2.45) is 0 Å². The van der Waals surface area contributed by atoms with Gasteiger partial charge in [0.15, 0.2) is 0 Å². The van der Waals surface area contributed by atoms with Crippen LogP contribution < -0.4 is 14.4 Å². The Morgan fingerprint density at radius 3 is 1.01 bits per heavy atom. The highest BCUT2D eigenvalue weighted by molar-refractivity contribution is 6.02. The summed E-state index contributed by atoms with van der Waals surface area (Å²) in [7, 11) is 0. The Kier molecular flexibility index (Phi) is 9.13. The number of rotatable bonds is 4. The van der Waals surface area contributed by atoms with Gasteiger partial charge in [-0.3, -0.25) is 0 Å². The first-order valence-electron chi connectivity index (χ1n) is 29.2. The number of nitrogens with zero attached hydrogens (tertiary/aromatic N) is 1. The molecule has 390 valence electrons. The smallest absolute Gasteiger partial charge is 0.132 e. The zero-order chi connectivity index (χ0) is 54.9. The average Bonchev–Trinajstić information content (AvgIpc) is 1.56. The number of benzene rings is 13. The normalized spacial score (nSPS) is 14.9. The minimum Gasteiger partial charge on any atom is -0.457 e. The molecular formula is C81H49NO2. The highest BCUT2D eigenvalue weighted by Gasteiger charge is 2.55. The molecule has 13 aromatic carbocycles. The second kappa shape index (κ2) is 16.7. The number of anilines is 3. The van der Waals surface area contributed by atoms with Crippen molar-refractivity contribution in [3.8, 4) is 78.6 Å². The van der Waals surface area contributed by atoms with Crippen LogP contribution in [0.2, 0.25) is 0 Å². The van der Waals surface area contributed by atoms with E-state index in [1.54, 1.807) is 0 Å². The van der Waals surface area contributed by atoms with E-state index in [4.69, 9.17) is 9.47 Å². The molecule has 0 amide bonds. The maximum atomic E-state index is 6.82. The summed E-state index contributed by atoms with van der Waals surface area (Å²) in [5, 5.41) is 0. The van der Waals surface area contributed by atoms with Gasteiger partial charge in [0.2, 0.25) is 0 Å². The van der Waals surface area contributed by atoms with Gasteiger partial charge in [-0.2, -0.15) is 0 Å². The highest BCUT2D eigenvalue weighted by atomic mass is 16.5. The van der Waals surface area contributed by atoms with Crippen LogP contribution in [0.3, 0.4) is 0 Å². The van der Waals surface area contributed by atoms with Gasteiger partial charge in [-0.05, 0) is 149 Å². The molecule has 4 aliphatic carbocycles. The molecule has 84 heavy (non-hydrogen) atoms. The van der Waals surface area contributed by atoms with Gasteiger partial charge >= 0.3 is 0 Å². The van der Waals surface area contributed by atoms with E-state index in [-0.39, 0.29) is 0 Å². The molecule has 19 rings (SSSR count). The van der Waals surface area contributed by atoms with Crippen LogP contribution >= 0.6 is 0 Å². The van der Waals surface area contributed by atoms with Crippen LogP contribution in [0.5, 0.6) is 23.0 Å². The predicted octanol–water partition coefficient (Wildman–Crippen LogP) is 20.1. The minimum atomic E-state index is -0.642. The second-order valence-corrected chi connectivity index (χ2v) is 23.2. The topological polar surface area (TPSA) is 21.7 Å². The molecule has 0 aromatic heterocycles. The van der Waals surface area contributed by atoms with Crippen molar-refractivity contribution in [1.82, 2.24) is 0 Å². The molecule has 0 saturated heterocycles. The van der Waals surface area contributed by atoms with Crippen LogP contribution in [-0.2, 0) is 16.2 Å². The van der Waals surface area contributed by atoms with Crippen molar-refractivity contribution >= 4 is 17.1 Å². The lowest BCUT2D eigenvalue weighted by molar-refractivity contribution is 0.436. The number of hydrogen-bond donors (Lipinski definition) is 0. The zero-order valence-corrected chi connectivity index (χ0v) is 45.6. The molecular weight excluding hydrogens is 1020 g/mol. The highest BCUT2D eigenvalue weighted by Crippen LogP contribution is 2.68. The summed E-state index contributed by atoms with van der Waals surface area (Å²) < 4.78 is 13.5. The van der Waals surface area contributed by atoms with Gasteiger partial charge in [0.05, 0.1) is 21.9 Å². The van der Waals surface area contributed by atoms with Gasteiger partial charge in [0.25, 0.3) is 0 Å². The van der Waals surface area contributed by atoms with Gasteiger partial charge in [-0.15, -0.1) is 0 Å². The van der Waals surface area contributed by atoms with Crippen molar-refractivity contribution < 1.29 is 9.47 Å². The third-order valence-electron chi connectivity index (χ3n) is 19.6. The van der Waals surface area contributed by atoms with Crippen molar-refractivity contribution in [3.63, 3.8) is 0 Å². The number of fused-ring (bicyclic) bond motifs is 28. The third kappa shape index (κ3) is 5.57. The third-order valence-corrected chi connectivity index (χ3v) is 19.6. The first kappa shape index (κ1) is 45.9. The standard InChI is InChI=1S/C81H49NO2/c1-6-27-60-54(21-1)55-22-2-7-28-61(55)79(60)62-29-8-3-23-56(62)57-48-47-52(49-71(57)79)82(72-38-20-37-70-78(72)59-25-5-10-31-64(59)81(70)67-34-13-17-41-75(67)84-76-42-18-14-35-68(76)81)51-45-43-50(44-46-51)53-26-19-36-69-77(53)58-24-4-9-30-63(58)80(69)65-32-11-15-39-73(65)83-74-40-16-12-33-66(74)80/h1-49H. The minimum absolute atomic E-state index is 0.526. The number of hydrogen-bond acceptors (Lipinski definition) is 3. The lowest BCUT2D eigenvalue weighted by Crippen LogP contribution is -2.32. The van der Waals surface area contributed by atoms with Gasteiger partial charge in [-0.25, -0.2) is 0 Å². The van der Waals surface area contributed by atoms with E-state index >= 15 is 0 Å². The molecule has 3 heteroatoms. The van der Waals surface area contributed by atoms with E-state index in [1.165, 1.54) is 94.6 Å². The van der Waals surface area contributed by atoms with Gasteiger partial charge in [-0.1, -0.05) is 243 Å². The van der Waals surface area contributed by atoms with Crippen LogP contribution in [0.4, 0.5) is 17.1 Å². The van der Waals surface area contributed by atoms with Crippen LogP contribution in [0.1, 0.15) is 66.8 Å². The van der Waals surface area contributed by atoms with Crippen LogP contribution in [0.15, 0.2) is 297 Å². The van der Waals surface area contributed by atoms with E-state index in [9.17, 15) is 0 Å². The fraction of sp³-hybridized carbons (Fsp3) is 0.0370. The van der Waals surface area contributed by atoms with Crippen LogP contribution in [0, 0.1) is 0 Å². The van der Waals surface area contributed by atoms with Gasteiger partial charge in [0, 0.05) is 39.2 Å².